The molecule has 1 aromatic rings. The van der Waals surface area contributed by atoms with Gasteiger partial charge in [0.05, 0.1) is 5.92 Å². The highest BCUT2D eigenvalue weighted by molar-refractivity contribution is 7.09. The lowest BCUT2D eigenvalue weighted by Crippen LogP contribution is -2.31. The second kappa shape index (κ2) is 6.27. The summed E-state index contributed by atoms with van der Waals surface area (Å²) in [5, 5.41) is 13.2. The molecule has 0 aliphatic carbocycles. The first kappa shape index (κ1) is 12.7. The van der Waals surface area contributed by atoms with Crippen LogP contribution in [0.25, 0.3) is 0 Å². The molecule has 16 heavy (non-hydrogen) atoms. The largest absolute Gasteiger partial charge is 0.481 e. The standard InChI is InChI=1S/C11H15NO3S/c1-8(11(14)15)7-12-10(13)5-4-9-3-2-6-16-9/h2-3,6,8H,4-5,7H2,1H3,(H,12,13)(H,14,15). The van der Waals surface area contributed by atoms with Gasteiger partial charge in [-0.25, -0.2) is 0 Å². The van der Waals surface area contributed by atoms with E-state index in [1.54, 1.807) is 18.3 Å². The summed E-state index contributed by atoms with van der Waals surface area (Å²) in [5.74, 6) is -1.52. The van der Waals surface area contributed by atoms with E-state index in [1.165, 1.54) is 4.88 Å². The Labute approximate surface area is 98.3 Å². The molecule has 1 amide bonds. The number of amides is 1. The van der Waals surface area contributed by atoms with Crippen molar-refractivity contribution in [1.82, 2.24) is 5.32 Å². The SMILES string of the molecule is CC(CNC(=O)CCc1cccs1)C(=O)O. The smallest absolute Gasteiger partial charge is 0.308 e. The minimum absolute atomic E-state index is 0.0958. The van der Waals surface area contributed by atoms with Crippen LogP contribution in [0.15, 0.2) is 17.5 Å². The van der Waals surface area contributed by atoms with Crippen LogP contribution in [0.2, 0.25) is 0 Å². The summed E-state index contributed by atoms with van der Waals surface area (Å²) in [7, 11) is 0. The van der Waals surface area contributed by atoms with Gasteiger partial charge in [-0.1, -0.05) is 13.0 Å². The molecule has 0 saturated carbocycles. The van der Waals surface area contributed by atoms with Crippen LogP contribution in [0.3, 0.4) is 0 Å². The molecule has 0 aromatic carbocycles. The second-order valence-electron chi connectivity index (χ2n) is 3.62. The molecule has 1 unspecified atom stereocenters. The maximum Gasteiger partial charge on any atom is 0.308 e. The first-order chi connectivity index (χ1) is 7.59. The predicted molar refractivity (Wildman–Crippen MR) is 62.4 cm³/mol. The lowest BCUT2D eigenvalue weighted by molar-refractivity contribution is -0.141. The molecular weight excluding hydrogens is 226 g/mol. The molecule has 1 heterocycles. The fourth-order valence-corrected chi connectivity index (χ4v) is 1.84. The van der Waals surface area contributed by atoms with Crippen molar-refractivity contribution in [2.24, 2.45) is 5.92 Å². The summed E-state index contributed by atoms with van der Waals surface area (Å²) >= 11 is 1.62. The maximum atomic E-state index is 11.4. The summed E-state index contributed by atoms with van der Waals surface area (Å²) < 4.78 is 0. The molecule has 4 nitrogen and oxygen atoms in total. The molecule has 0 aliphatic heterocycles. The Balaban J connectivity index is 2.19. The Bertz CT molecular complexity index is 348. The van der Waals surface area contributed by atoms with Crippen molar-refractivity contribution >= 4 is 23.2 Å². The highest BCUT2D eigenvalue weighted by atomic mass is 32.1. The van der Waals surface area contributed by atoms with E-state index in [2.05, 4.69) is 5.32 Å². The lowest BCUT2D eigenvalue weighted by Gasteiger charge is -2.07. The number of carbonyl (C=O) groups excluding carboxylic acids is 1. The molecule has 88 valence electrons. The third-order valence-electron chi connectivity index (χ3n) is 2.21. The van der Waals surface area contributed by atoms with Crippen molar-refractivity contribution in [3.8, 4) is 0 Å². The van der Waals surface area contributed by atoms with Gasteiger partial charge in [-0.3, -0.25) is 9.59 Å². The Kier molecular flexibility index (Phi) is 4.98. The van der Waals surface area contributed by atoms with Crippen molar-refractivity contribution in [2.45, 2.75) is 19.8 Å². The van der Waals surface area contributed by atoms with E-state index >= 15 is 0 Å². The molecule has 2 N–H and O–H groups in total. The fourth-order valence-electron chi connectivity index (χ4n) is 1.13. The number of hydrogen-bond acceptors (Lipinski definition) is 3. The zero-order chi connectivity index (χ0) is 12.0. The van der Waals surface area contributed by atoms with Crippen LogP contribution in [0.1, 0.15) is 18.2 Å². The molecule has 1 atom stereocenters. The van der Waals surface area contributed by atoms with Crippen molar-refractivity contribution in [2.75, 3.05) is 6.54 Å². The van der Waals surface area contributed by atoms with Crippen LogP contribution in [-0.4, -0.2) is 23.5 Å². The number of carboxylic acid groups (broad SMARTS) is 1. The lowest BCUT2D eigenvalue weighted by atomic mass is 10.2. The molecule has 5 heteroatoms. The number of thiophene rings is 1. The molecule has 1 rings (SSSR count). The molecule has 0 aliphatic rings. The van der Waals surface area contributed by atoms with Gasteiger partial charge in [0.25, 0.3) is 0 Å². The molecule has 0 fully saturated rings. The minimum Gasteiger partial charge on any atom is -0.481 e. The summed E-state index contributed by atoms with van der Waals surface area (Å²) in [6.45, 7) is 1.76. The van der Waals surface area contributed by atoms with E-state index in [-0.39, 0.29) is 12.5 Å². The van der Waals surface area contributed by atoms with E-state index in [4.69, 9.17) is 5.11 Å². The topological polar surface area (TPSA) is 66.4 Å². The van der Waals surface area contributed by atoms with E-state index in [1.807, 2.05) is 17.5 Å². The van der Waals surface area contributed by atoms with Crippen LogP contribution in [0.4, 0.5) is 0 Å². The van der Waals surface area contributed by atoms with Gasteiger partial charge < -0.3 is 10.4 Å². The molecule has 0 saturated heterocycles. The Morgan fingerprint density at radius 2 is 2.31 bits per heavy atom. The normalized spacial score (nSPS) is 12.1. The predicted octanol–water partition coefficient (Wildman–Crippen LogP) is 1.52. The van der Waals surface area contributed by atoms with Crippen molar-refractivity contribution in [1.29, 1.82) is 0 Å². The van der Waals surface area contributed by atoms with Gasteiger partial charge in [-0.15, -0.1) is 11.3 Å². The summed E-state index contributed by atoms with van der Waals surface area (Å²) in [5.41, 5.74) is 0. The first-order valence-corrected chi connectivity index (χ1v) is 5.99. The van der Waals surface area contributed by atoms with Crippen molar-refractivity contribution < 1.29 is 14.7 Å². The highest BCUT2D eigenvalue weighted by Crippen LogP contribution is 2.10. The number of aliphatic carboxylic acids is 1. The van der Waals surface area contributed by atoms with Gasteiger partial charge in [0.1, 0.15) is 0 Å². The van der Waals surface area contributed by atoms with Crippen LogP contribution in [-0.2, 0) is 16.0 Å². The number of nitrogens with one attached hydrogen (secondary N) is 1. The average Bonchev–Trinajstić information content (AvgIpc) is 2.75. The van der Waals surface area contributed by atoms with E-state index in [0.717, 1.165) is 0 Å². The zero-order valence-electron chi connectivity index (χ0n) is 9.10. The van der Waals surface area contributed by atoms with Gasteiger partial charge in [-0.05, 0) is 17.9 Å². The monoisotopic (exact) mass is 241 g/mol. The number of carbonyl (C=O) groups is 2. The molecule has 0 bridgehead atoms. The summed E-state index contributed by atoms with van der Waals surface area (Å²) in [6, 6.07) is 3.93. The third kappa shape index (κ3) is 4.44. The van der Waals surface area contributed by atoms with E-state index in [9.17, 15) is 9.59 Å². The van der Waals surface area contributed by atoms with Gasteiger partial charge >= 0.3 is 5.97 Å². The number of hydrogen-bond donors (Lipinski definition) is 2. The summed E-state index contributed by atoms with van der Waals surface area (Å²) in [4.78, 5) is 23.0. The van der Waals surface area contributed by atoms with Crippen LogP contribution in [0.5, 0.6) is 0 Å². The van der Waals surface area contributed by atoms with Crippen LogP contribution >= 0.6 is 11.3 Å². The highest BCUT2D eigenvalue weighted by Gasteiger charge is 2.11. The zero-order valence-corrected chi connectivity index (χ0v) is 9.92. The molecular formula is C11H15NO3S. The second-order valence-corrected chi connectivity index (χ2v) is 4.65. The maximum absolute atomic E-state index is 11.4. The Morgan fingerprint density at radius 3 is 2.88 bits per heavy atom. The van der Waals surface area contributed by atoms with E-state index in [0.29, 0.717) is 12.8 Å². The molecule has 1 aromatic heterocycles. The first-order valence-electron chi connectivity index (χ1n) is 5.11. The molecule has 0 radical (unpaired) electrons. The van der Waals surface area contributed by atoms with Gasteiger partial charge in [0.15, 0.2) is 0 Å². The van der Waals surface area contributed by atoms with Crippen molar-refractivity contribution in [3.63, 3.8) is 0 Å². The third-order valence-corrected chi connectivity index (χ3v) is 3.14. The fraction of sp³-hybridized carbons (Fsp3) is 0.455. The van der Waals surface area contributed by atoms with E-state index < -0.39 is 11.9 Å². The number of carboxylic acids is 1. The minimum atomic E-state index is -0.890. The number of aryl methyl sites for hydroxylation is 1. The van der Waals surface area contributed by atoms with Gasteiger partial charge in [0, 0.05) is 17.8 Å². The molecule has 0 spiro atoms. The van der Waals surface area contributed by atoms with Crippen molar-refractivity contribution in [3.05, 3.63) is 22.4 Å². The van der Waals surface area contributed by atoms with Crippen LogP contribution in [0, 0.1) is 5.92 Å². The Hall–Kier alpha value is -1.36. The average molecular weight is 241 g/mol. The summed E-state index contributed by atoms with van der Waals surface area (Å²) in [6.07, 6.45) is 1.12. The van der Waals surface area contributed by atoms with Crippen LogP contribution < -0.4 is 5.32 Å². The number of rotatable bonds is 6. The van der Waals surface area contributed by atoms with Gasteiger partial charge in [0.2, 0.25) is 5.91 Å². The quantitative estimate of drug-likeness (QED) is 0.793. The van der Waals surface area contributed by atoms with Gasteiger partial charge in [-0.2, -0.15) is 0 Å². The Morgan fingerprint density at radius 1 is 1.56 bits per heavy atom.